The van der Waals surface area contributed by atoms with Gasteiger partial charge in [-0.05, 0) is 36.6 Å². The van der Waals surface area contributed by atoms with Crippen LogP contribution in [0.3, 0.4) is 0 Å². The minimum absolute atomic E-state index is 1.03. The second-order valence-electron chi connectivity index (χ2n) is 3.75. The Labute approximate surface area is 105 Å². The van der Waals surface area contributed by atoms with E-state index in [9.17, 15) is 0 Å². The summed E-state index contributed by atoms with van der Waals surface area (Å²) in [6.45, 7) is 9.84. The van der Waals surface area contributed by atoms with E-state index in [1.165, 1.54) is 22.5 Å². The Morgan fingerprint density at radius 2 is 1.94 bits per heavy atom. The first kappa shape index (κ1) is 13.3. The van der Waals surface area contributed by atoms with Crippen molar-refractivity contribution in [3.63, 3.8) is 0 Å². The number of allylic oxidation sites excluding steroid dienone is 4. The van der Waals surface area contributed by atoms with Crippen LogP contribution in [0, 0.1) is 0 Å². The Balaban J connectivity index is 0.000000686. The molecule has 0 atom stereocenters. The quantitative estimate of drug-likeness (QED) is 0.722. The number of rotatable bonds is 2. The van der Waals surface area contributed by atoms with Gasteiger partial charge in [-0.15, -0.1) is 0 Å². The van der Waals surface area contributed by atoms with Crippen LogP contribution >= 0.6 is 0 Å². The molecule has 1 aromatic carbocycles. The van der Waals surface area contributed by atoms with Crippen LogP contribution in [0.4, 0.5) is 5.69 Å². The summed E-state index contributed by atoms with van der Waals surface area (Å²) in [6, 6.07) is 8.42. The van der Waals surface area contributed by atoms with Crippen molar-refractivity contribution >= 4 is 5.69 Å². The Morgan fingerprint density at radius 1 is 1.24 bits per heavy atom. The monoisotopic (exact) mass is 227 g/mol. The van der Waals surface area contributed by atoms with Gasteiger partial charge in [0.15, 0.2) is 0 Å². The molecule has 1 aromatic rings. The van der Waals surface area contributed by atoms with Gasteiger partial charge in [-0.25, -0.2) is 0 Å². The normalized spacial score (nSPS) is 13.6. The third-order valence-electron chi connectivity index (χ3n) is 2.60. The zero-order valence-electron chi connectivity index (χ0n) is 11.0. The van der Waals surface area contributed by atoms with Gasteiger partial charge >= 0.3 is 0 Å². The van der Waals surface area contributed by atoms with Gasteiger partial charge in [0, 0.05) is 11.4 Å². The molecular formula is C16H21N. The molecule has 0 radical (unpaired) electrons. The first-order chi connectivity index (χ1) is 8.31. The number of hydrogen-bond donors (Lipinski definition) is 1. The van der Waals surface area contributed by atoms with Crippen LogP contribution in [0.2, 0.25) is 0 Å². The lowest BCUT2D eigenvalue weighted by molar-refractivity contribution is 1.08. The molecule has 17 heavy (non-hydrogen) atoms. The average Bonchev–Trinajstić information content (AvgIpc) is 2.38. The lowest BCUT2D eigenvalue weighted by Crippen LogP contribution is -2.09. The van der Waals surface area contributed by atoms with Crippen molar-refractivity contribution in [3.8, 4) is 0 Å². The van der Waals surface area contributed by atoms with Crippen molar-refractivity contribution in [2.24, 2.45) is 0 Å². The van der Waals surface area contributed by atoms with E-state index < -0.39 is 0 Å². The lowest BCUT2D eigenvalue weighted by atomic mass is 9.98. The maximum absolute atomic E-state index is 3.68. The molecule has 1 N–H and O–H groups in total. The fourth-order valence-corrected chi connectivity index (χ4v) is 1.78. The van der Waals surface area contributed by atoms with Crippen LogP contribution in [0.5, 0.6) is 0 Å². The molecule has 0 spiro atoms. The summed E-state index contributed by atoms with van der Waals surface area (Å²) in [4.78, 5) is 0. The standard InChI is InChI=1S/C14H15N.C2H6/c1-3-4-8-13-11(2)10-12-7-5-6-9-14(12)15-13;1-2/h3-9,15H,1,10H2,2H3;1-2H3/b8-4-;. The molecule has 0 fully saturated rings. The minimum atomic E-state index is 1.03. The number of para-hydroxylation sites is 1. The molecule has 0 aromatic heterocycles. The third kappa shape index (κ3) is 3.35. The van der Waals surface area contributed by atoms with E-state index in [1.807, 2.05) is 19.9 Å². The molecule has 0 saturated carbocycles. The molecular weight excluding hydrogens is 206 g/mol. The van der Waals surface area contributed by atoms with E-state index in [2.05, 4.69) is 49.2 Å². The zero-order valence-corrected chi connectivity index (χ0v) is 11.0. The van der Waals surface area contributed by atoms with Gasteiger partial charge in [0.1, 0.15) is 0 Å². The summed E-state index contributed by atoms with van der Waals surface area (Å²) >= 11 is 0. The van der Waals surface area contributed by atoms with Crippen molar-refractivity contribution in [2.45, 2.75) is 27.2 Å². The molecule has 1 heterocycles. The number of nitrogens with one attached hydrogen (secondary N) is 1. The fourth-order valence-electron chi connectivity index (χ4n) is 1.78. The van der Waals surface area contributed by atoms with Gasteiger partial charge in [0.05, 0.1) is 0 Å². The molecule has 0 amide bonds. The maximum Gasteiger partial charge on any atom is 0.0420 e. The first-order valence-corrected chi connectivity index (χ1v) is 6.15. The van der Waals surface area contributed by atoms with Crippen molar-refractivity contribution in [2.75, 3.05) is 5.32 Å². The van der Waals surface area contributed by atoms with E-state index >= 15 is 0 Å². The SMILES string of the molecule is C=C/C=C\C1=C(C)Cc2ccccc2N1.CC. The molecule has 2 rings (SSSR count). The maximum atomic E-state index is 3.68. The Hall–Kier alpha value is -1.76. The second kappa shape index (κ2) is 6.74. The Kier molecular flexibility index (Phi) is 5.28. The average molecular weight is 227 g/mol. The summed E-state index contributed by atoms with van der Waals surface area (Å²) in [7, 11) is 0. The second-order valence-corrected chi connectivity index (χ2v) is 3.75. The number of fused-ring (bicyclic) bond motifs is 1. The highest BCUT2D eigenvalue weighted by Crippen LogP contribution is 2.27. The van der Waals surface area contributed by atoms with Gasteiger partial charge in [-0.1, -0.05) is 50.8 Å². The van der Waals surface area contributed by atoms with Gasteiger partial charge in [-0.3, -0.25) is 0 Å². The summed E-state index contributed by atoms with van der Waals surface area (Å²) in [5.74, 6) is 0. The van der Waals surface area contributed by atoms with E-state index in [1.54, 1.807) is 6.08 Å². The highest BCUT2D eigenvalue weighted by atomic mass is 14.9. The molecule has 0 saturated heterocycles. The molecule has 0 bridgehead atoms. The first-order valence-electron chi connectivity index (χ1n) is 6.15. The summed E-state index contributed by atoms with van der Waals surface area (Å²) in [6.07, 6.45) is 6.85. The van der Waals surface area contributed by atoms with E-state index in [-0.39, 0.29) is 0 Å². The van der Waals surface area contributed by atoms with Crippen molar-refractivity contribution in [3.05, 3.63) is 65.9 Å². The molecule has 0 unspecified atom stereocenters. The highest BCUT2D eigenvalue weighted by molar-refractivity contribution is 5.62. The molecule has 0 aliphatic carbocycles. The van der Waals surface area contributed by atoms with Crippen LogP contribution in [-0.2, 0) is 6.42 Å². The summed E-state index contributed by atoms with van der Waals surface area (Å²) in [5, 5.41) is 3.43. The predicted octanol–water partition coefficient (Wildman–Crippen LogP) is 4.70. The van der Waals surface area contributed by atoms with Crippen LogP contribution in [0.15, 0.2) is 60.3 Å². The van der Waals surface area contributed by atoms with E-state index in [0.717, 1.165) is 6.42 Å². The molecule has 90 valence electrons. The number of anilines is 1. The van der Waals surface area contributed by atoms with Crippen LogP contribution < -0.4 is 5.32 Å². The molecule has 1 aliphatic heterocycles. The van der Waals surface area contributed by atoms with Crippen molar-refractivity contribution < 1.29 is 0 Å². The highest BCUT2D eigenvalue weighted by Gasteiger charge is 2.11. The van der Waals surface area contributed by atoms with E-state index in [0.29, 0.717) is 0 Å². The topological polar surface area (TPSA) is 12.0 Å². The smallest absolute Gasteiger partial charge is 0.0420 e. The molecule has 1 heteroatoms. The van der Waals surface area contributed by atoms with Crippen molar-refractivity contribution in [1.82, 2.24) is 0 Å². The largest absolute Gasteiger partial charge is 0.355 e. The van der Waals surface area contributed by atoms with Crippen LogP contribution in [0.25, 0.3) is 0 Å². The minimum Gasteiger partial charge on any atom is -0.355 e. The predicted molar refractivity (Wildman–Crippen MR) is 77.2 cm³/mol. The van der Waals surface area contributed by atoms with Crippen LogP contribution in [0.1, 0.15) is 26.3 Å². The lowest BCUT2D eigenvalue weighted by Gasteiger charge is -2.21. The summed E-state index contributed by atoms with van der Waals surface area (Å²) < 4.78 is 0. The van der Waals surface area contributed by atoms with E-state index in [4.69, 9.17) is 0 Å². The Bertz CT molecular complexity index is 439. The third-order valence-corrected chi connectivity index (χ3v) is 2.60. The molecule has 1 aliphatic rings. The zero-order chi connectivity index (χ0) is 12.7. The van der Waals surface area contributed by atoms with Gasteiger partial charge in [0.2, 0.25) is 0 Å². The van der Waals surface area contributed by atoms with Gasteiger partial charge in [-0.2, -0.15) is 0 Å². The van der Waals surface area contributed by atoms with Crippen LogP contribution in [-0.4, -0.2) is 0 Å². The number of hydrogen-bond acceptors (Lipinski definition) is 1. The Morgan fingerprint density at radius 3 is 2.65 bits per heavy atom. The van der Waals surface area contributed by atoms with Gasteiger partial charge < -0.3 is 5.32 Å². The van der Waals surface area contributed by atoms with Crippen molar-refractivity contribution in [1.29, 1.82) is 0 Å². The molecule has 1 nitrogen and oxygen atoms in total. The summed E-state index contributed by atoms with van der Waals surface area (Å²) in [5.41, 5.74) is 5.14. The van der Waals surface area contributed by atoms with Gasteiger partial charge in [0.25, 0.3) is 0 Å². The number of benzene rings is 1. The fraction of sp³-hybridized carbons (Fsp3) is 0.250.